The van der Waals surface area contributed by atoms with Crippen LogP contribution in [-0.4, -0.2) is 31.4 Å². The molecule has 1 amide bonds. The predicted molar refractivity (Wildman–Crippen MR) is 84.5 cm³/mol. The Balaban J connectivity index is 2.09. The van der Waals surface area contributed by atoms with Crippen molar-refractivity contribution in [2.24, 2.45) is 5.73 Å². The smallest absolute Gasteiger partial charge is 0.227 e. The molecule has 0 spiro atoms. The molecule has 0 bridgehead atoms. The van der Waals surface area contributed by atoms with Crippen LogP contribution in [0.15, 0.2) is 60.0 Å². The summed E-state index contributed by atoms with van der Waals surface area (Å²) in [4.78, 5) is 15.0. The van der Waals surface area contributed by atoms with Crippen LogP contribution in [0, 0.1) is 0 Å². The minimum Gasteiger partial charge on any atom is -0.369 e. The maximum absolute atomic E-state index is 11.0. The molecule has 2 aromatic heterocycles. The Hall–Kier alpha value is -2.67. The molecule has 2 heterocycles. The van der Waals surface area contributed by atoms with E-state index in [0.29, 0.717) is 11.0 Å². The SMILES string of the molecule is NC(=O)CSc1nnc(-c2ccncc2)n1-c1ccccc1. The molecule has 3 aromatic rings. The number of carbonyl (C=O) groups is 1. The van der Waals surface area contributed by atoms with E-state index in [-0.39, 0.29) is 5.75 Å². The van der Waals surface area contributed by atoms with E-state index in [4.69, 9.17) is 5.73 Å². The van der Waals surface area contributed by atoms with Crippen LogP contribution in [0.2, 0.25) is 0 Å². The van der Waals surface area contributed by atoms with Gasteiger partial charge in [-0.1, -0.05) is 30.0 Å². The molecule has 0 aliphatic heterocycles. The van der Waals surface area contributed by atoms with E-state index in [9.17, 15) is 4.79 Å². The highest BCUT2D eigenvalue weighted by Gasteiger charge is 2.16. The number of nitrogens with two attached hydrogens (primary N) is 1. The Bertz CT molecular complexity index is 773. The summed E-state index contributed by atoms with van der Waals surface area (Å²) < 4.78 is 1.91. The molecule has 0 fully saturated rings. The summed E-state index contributed by atoms with van der Waals surface area (Å²) in [6.45, 7) is 0. The molecule has 0 saturated heterocycles. The van der Waals surface area contributed by atoms with Crippen molar-refractivity contribution in [1.82, 2.24) is 19.7 Å². The van der Waals surface area contributed by atoms with Crippen LogP contribution in [0.25, 0.3) is 17.1 Å². The van der Waals surface area contributed by atoms with Crippen LogP contribution >= 0.6 is 11.8 Å². The first kappa shape index (κ1) is 14.3. The number of rotatable bonds is 5. The number of benzene rings is 1. The Labute approximate surface area is 131 Å². The topological polar surface area (TPSA) is 86.7 Å². The maximum Gasteiger partial charge on any atom is 0.227 e. The van der Waals surface area contributed by atoms with E-state index < -0.39 is 5.91 Å². The number of primary amides is 1. The summed E-state index contributed by atoms with van der Waals surface area (Å²) in [5, 5.41) is 9.06. The molecular formula is C15H13N5OS. The fraction of sp³-hybridized carbons (Fsp3) is 0.0667. The summed E-state index contributed by atoms with van der Waals surface area (Å²) in [6, 6.07) is 13.5. The van der Waals surface area contributed by atoms with Crippen LogP contribution < -0.4 is 5.73 Å². The lowest BCUT2D eigenvalue weighted by Crippen LogP contribution is -2.13. The molecule has 1 aromatic carbocycles. The average molecular weight is 311 g/mol. The van der Waals surface area contributed by atoms with E-state index in [1.807, 2.05) is 47.0 Å². The third-order valence-corrected chi connectivity index (χ3v) is 3.88. The van der Waals surface area contributed by atoms with Gasteiger partial charge in [-0.2, -0.15) is 0 Å². The van der Waals surface area contributed by atoms with Gasteiger partial charge in [-0.15, -0.1) is 10.2 Å². The highest BCUT2D eigenvalue weighted by molar-refractivity contribution is 7.99. The first-order valence-corrected chi connectivity index (χ1v) is 7.56. The zero-order valence-electron chi connectivity index (χ0n) is 11.6. The molecule has 22 heavy (non-hydrogen) atoms. The van der Waals surface area contributed by atoms with Gasteiger partial charge in [0, 0.05) is 23.6 Å². The number of para-hydroxylation sites is 1. The fourth-order valence-corrected chi connectivity index (χ4v) is 2.69. The van der Waals surface area contributed by atoms with Gasteiger partial charge < -0.3 is 5.73 Å². The van der Waals surface area contributed by atoms with Gasteiger partial charge in [0.1, 0.15) is 0 Å². The van der Waals surface area contributed by atoms with E-state index in [0.717, 1.165) is 11.3 Å². The van der Waals surface area contributed by atoms with Crippen LogP contribution in [0.5, 0.6) is 0 Å². The number of nitrogens with zero attached hydrogens (tertiary/aromatic N) is 4. The Kier molecular flexibility index (Phi) is 4.15. The second kappa shape index (κ2) is 6.40. The molecule has 0 unspecified atom stereocenters. The Morgan fingerprint density at radius 3 is 2.50 bits per heavy atom. The van der Waals surface area contributed by atoms with E-state index >= 15 is 0 Å². The molecule has 0 aliphatic rings. The van der Waals surface area contributed by atoms with E-state index in [1.165, 1.54) is 11.8 Å². The second-order valence-corrected chi connectivity index (χ2v) is 5.41. The lowest BCUT2D eigenvalue weighted by molar-refractivity contribution is -0.115. The first-order chi connectivity index (χ1) is 10.8. The number of pyridine rings is 1. The van der Waals surface area contributed by atoms with Gasteiger partial charge in [0.05, 0.1) is 5.75 Å². The number of carbonyl (C=O) groups excluding carboxylic acids is 1. The normalized spacial score (nSPS) is 10.5. The van der Waals surface area contributed by atoms with Crippen molar-refractivity contribution < 1.29 is 4.79 Å². The highest BCUT2D eigenvalue weighted by Crippen LogP contribution is 2.27. The largest absolute Gasteiger partial charge is 0.369 e. The molecular weight excluding hydrogens is 298 g/mol. The van der Waals surface area contributed by atoms with Crippen molar-refractivity contribution in [3.05, 3.63) is 54.9 Å². The molecule has 0 radical (unpaired) electrons. The third kappa shape index (κ3) is 2.99. The molecule has 110 valence electrons. The molecule has 7 heteroatoms. The number of aromatic nitrogens is 4. The summed E-state index contributed by atoms with van der Waals surface area (Å²) in [5.74, 6) is 0.458. The predicted octanol–water partition coefficient (Wildman–Crippen LogP) is 1.91. The number of thioether (sulfide) groups is 1. The number of hydrogen-bond acceptors (Lipinski definition) is 5. The monoisotopic (exact) mass is 311 g/mol. The number of hydrogen-bond donors (Lipinski definition) is 1. The minimum absolute atomic E-state index is 0.154. The maximum atomic E-state index is 11.0. The Morgan fingerprint density at radius 2 is 1.82 bits per heavy atom. The molecule has 0 atom stereocenters. The molecule has 3 rings (SSSR count). The summed E-state index contributed by atoms with van der Waals surface area (Å²) in [7, 11) is 0. The lowest BCUT2D eigenvalue weighted by Gasteiger charge is -2.09. The first-order valence-electron chi connectivity index (χ1n) is 6.58. The summed E-state index contributed by atoms with van der Waals surface area (Å²) in [5.41, 5.74) is 7.04. The second-order valence-electron chi connectivity index (χ2n) is 4.47. The van der Waals surface area contributed by atoms with Crippen LogP contribution in [-0.2, 0) is 4.79 Å². The zero-order chi connectivity index (χ0) is 15.4. The summed E-state index contributed by atoms with van der Waals surface area (Å²) >= 11 is 1.26. The van der Waals surface area contributed by atoms with Crippen LogP contribution in [0.1, 0.15) is 0 Å². The highest BCUT2D eigenvalue weighted by atomic mass is 32.2. The average Bonchev–Trinajstić information content (AvgIpc) is 2.98. The quantitative estimate of drug-likeness (QED) is 0.727. The van der Waals surface area contributed by atoms with Crippen LogP contribution in [0.3, 0.4) is 0 Å². The molecule has 2 N–H and O–H groups in total. The van der Waals surface area contributed by atoms with Gasteiger partial charge >= 0.3 is 0 Å². The minimum atomic E-state index is -0.391. The van der Waals surface area contributed by atoms with Crippen molar-refractivity contribution in [3.8, 4) is 17.1 Å². The standard InChI is InChI=1S/C15H13N5OS/c16-13(21)10-22-15-19-18-14(11-6-8-17-9-7-11)20(15)12-4-2-1-3-5-12/h1-9H,10H2,(H2,16,21). The van der Waals surface area contributed by atoms with Crippen molar-refractivity contribution in [2.75, 3.05) is 5.75 Å². The van der Waals surface area contributed by atoms with Crippen LogP contribution in [0.4, 0.5) is 0 Å². The van der Waals surface area contributed by atoms with Crippen molar-refractivity contribution in [1.29, 1.82) is 0 Å². The van der Waals surface area contributed by atoms with Crippen molar-refractivity contribution >= 4 is 17.7 Å². The van der Waals surface area contributed by atoms with Crippen molar-refractivity contribution in [3.63, 3.8) is 0 Å². The van der Waals surface area contributed by atoms with Gasteiger partial charge in [-0.05, 0) is 24.3 Å². The fourth-order valence-electron chi connectivity index (χ4n) is 2.00. The number of amides is 1. The van der Waals surface area contributed by atoms with Gasteiger partial charge in [0.2, 0.25) is 5.91 Å². The van der Waals surface area contributed by atoms with E-state index in [1.54, 1.807) is 12.4 Å². The summed E-state index contributed by atoms with van der Waals surface area (Å²) in [6.07, 6.45) is 3.41. The van der Waals surface area contributed by atoms with Gasteiger partial charge in [-0.25, -0.2) is 0 Å². The third-order valence-electron chi connectivity index (χ3n) is 2.93. The van der Waals surface area contributed by atoms with Gasteiger partial charge in [0.15, 0.2) is 11.0 Å². The van der Waals surface area contributed by atoms with Crippen molar-refractivity contribution in [2.45, 2.75) is 5.16 Å². The Morgan fingerprint density at radius 1 is 1.09 bits per heavy atom. The molecule has 0 saturated carbocycles. The van der Waals surface area contributed by atoms with Gasteiger partial charge in [0.25, 0.3) is 0 Å². The zero-order valence-corrected chi connectivity index (χ0v) is 12.4. The lowest BCUT2D eigenvalue weighted by atomic mass is 10.2. The molecule has 6 nitrogen and oxygen atoms in total. The molecule has 0 aliphatic carbocycles. The van der Waals surface area contributed by atoms with E-state index in [2.05, 4.69) is 15.2 Å². The van der Waals surface area contributed by atoms with Gasteiger partial charge in [-0.3, -0.25) is 14.3 Å².